The van der Waals surface area contributed by atoms with Crippen LogP contribution >= 0.6 is 0 Å². The second-order valence-corrected chi connectivity index (χ2v) is 6.72. The minimum absolute atomic E-state index is 0.439. The van der Waals surface area contributed by atoms with E-state index < -0.39 is 0 Å². The third-order valence-electron chi connectivity index (χ3n) is 4.99. The van der Waals surface area contributed by atoms with Crippen LogP contribution in [0, 0.1) is 0 Å². The standard InChI is InChI=1S/C19H25N5/c1-3-7-17(8-4-1)24-12-9-16(14-24)22-18-13-19(21-15-20-18)23-10-5-2-6-11-23/h1,3-4,7-8,13,15-16H,2,5-6,9-12,14H2,(H,20,21,22). The first-order valence-electron chi connectivity index (χ1n) is 9.02. The molecule has 24 heavy (non-hydrogen) atoms. The zero-order chi connectivity index (χ0) is 16.2. The number of benzene rings is 1. The number of piperidine rings is 1. The number of anilines is 3. The summed E-state index contributed by atoms with van der Waals surface area (Å²) in [5, 5.41) is 3.60. The van der Waals surface area contributed by atoms with Gasteiger partial charge in [-0.3, -0.25) is 0 Å². The summed E-state index contributed by atoms with van der Waals surface area (Å²) < 4.78 is 0. The highest BCUT2D eigenvalue weighted by Gasteiger charge is 2.23. The van der Waals surface area contributed by atoms with Gasteiger partial charge in [-0.2, -0.15) is 0 Å². The lowest BCUT2D eigenvalue weighted by Crippen LogP contribution is -2.30. The third kappa shape index (κ3) is 3.45. The van der Waals surface area contributed by atoms with Gasteiger partial charge in [-0.15, -0.1) is 0 Å². The molecule has 0 saturated carbocycles. The maximum atomic E-state index is 4.46. The van der Waals surface area contributed by atoms with Crippen LogP contribution in [0.25, 0.3) is 0 Å². The molecule has 1 aromatic carbocycles. The highest BCUT2D eigenvalue weighted by molar-refractivity contribution is 5.51. The van der Waals surface area contributed by atoms with Crippen LogP contribution in [-0.2, 0) is 0 Å². The van der Waals surface area contributed by atoms with Gasteiger partial charge in [0.15, 0.2) is 0 Å². The van der Waals surface area contributed by atoms with Gasteiger partial charge in [0.25, 0.3) is 0 Å². The van der Waals surface area contributed by atoms with Crippen LogP contribution in [0.15, 0.2) is 42.7 Å². The molecule has 2 aliphatic heterocycles. The molecule has 126 valence electrons. The molecule has 0 amide bonds. The van der Waals surface area contributed by atoms with E-state index in [0.29, 0.717) is 6.04 Å². The van der Waals surface area contributed by atoms with Crippen molar-refractivity contribution in [3.05, 3.63) is 42.7 Å². The second kappa shape index (κ2) is 7.07. The Balaban J connectivity index is 1.39. The largest absolute Gasteiger partial charge is 0.369 e. The molecule has 0 spiro atoms. The van der Waals surface area contributed by atoms with E-state index >= 15 is 0 Å². The Kier molecular flexibility index (Phi) is 4.49. The molecular weight excluding hydrogens is 298 g/mol. The summed E-state index contributed by atoms with van der Waals surface area (Å²) in [6.07, 6.45) is 6.70. The lowest BCUT2D eigenvalue weighted by atomic mass is 10.1. The average molecular weight is 323 g/mol. The number of para-hydroxylation sites is 1. The lowest BCUT2D eigenvalue weighted by Gasteiger charge is -2.28. The highest BCUT2D eigenvalue weighted by Crippen LogP contribution is 2.23. The van der Waals surface area contributed by atoms with Crippen LogP contribution in [0.2, 0.25) is 0 Å². The van der Waals surface area contributed by atoms with E-state index in [4.69, 9.17) is 0 Å². The van der Waals surface area contributed by atoms with Crippen molar-refractivity contribution in [2.45, 2.75) is 31.7 Å². The zero-order valence-corrected chi connectivity index (χ0v) is 14.1. The molecule has 0 bridgehead atoms. The van der Waals surface area contributed by atoms with Gasteiger partial charge in [0, 0.05) is 44.0 Å². The molecule has 0 aliphatic carbocycles. The fourth-order valence-corrected chi connectivity index (χ4v) is 3.68. The van der Waals surface area contributed by atoms with Crippen molar-refractivity contribution in [2.24, 2.45) is 0 Å². The maximum Gasteiger partial charge on any atom is 0.134 e. The fourth-order valence-electron chi connectivity index (χ4n) is 3.68. The molecule has 5 nitrogen and oxygen atoms in total. The third-order valence-corrected chi connectivity index (χ3v) is 4.99. The van der Waals surface area contributed by atoms with Crippen molar-refractivity contribution in [3.63, 3.8) is 0 Å². The van der Waals surface area contributed by atoms with Crippen molar-refractivity contribution < 1.29 is 0 Å². The summed E-state index contributed by atoms with van der Waals surface area (Å²) in [5.41, 5.74) is 1.30. The van der Waals surface area contributed by atoms with Crippen LogP contribution < -0.4 is 15.1 Å². The topological polar surface area (TPSA) is 44.3 Å². The summed E-state index contributed by atoms with van der Waals surface area (Å²) in [5.74, 6) is 2.01. The molecule has 1 atom stereocenters. The molecule has 2 saturated heterocycles. The van der Waals surface area contributed by atoms with Gasteiger partial charge >= 0.3 is 0 Å². The van der Waals surface area contributed by atoms with Crippen molar-refractivity contribution in [1.29, 1.82) is 0 Å². The van der Waals surface area contributed by atoms with Crippen LogP contribution in [0.3, 0.4) is 0 Å². The van der Waals surface area contributed by atoms with Crippen LogP contribution in [0.4, 0.5) is 17.3 Å². The summed E-state index contributed by atoms with van der Waals surface area (Å²) >= 11 is 0. The lowest BCUT2D eigenvalue weighted by molar-refractivity contribution is 0.573. The summed E-state index contributed by atoms with van der Waals surface area (Å²) in [6, 6.07) is 13.2. The zero-order valence-electron chi connectivity index (χ0n) is 14.1. The van der Waals surface area contributed by atoms with Gasteiger partial charge < -0.3 is 15.1 Å². The van der Waals surface area contributed by atoms with E-state index in [1.54, 1.807) is 6.33 Å². The smallest absolute Gasteiger partial charge is 0.134 e. The Morgan fingerprint density at radius 2 is 1.75 bits per heavy atom. The van der Waals surface area contributed by atoms with Crippen molar-refractivity contribution >= 4 is 17.3 Å². The fraction of sp³-hybridized carbons (Fsp3) is 0.474. The van der Waals surface area contributed by atoms with Crippen molar-refractivity contribution in [3.8, 4) is 0 Å². The van der Waals surface area contributed by atoms with Gasteiger partial charge in [-0.1, -0.05) is 18.2 Å². The van der Waals surface area contributed by atoms with E-state index in [2.05, 4.69) is 61.5 Å². The molecule has 5 heteroatoms. The van der Waals surface area contributed by atoms with Gasteiger partial charge in [-0.25, -0.2) is 9.97 Å². The Morgan fingerprint density at radius 3 is 2.58 bits per heavy atom. The van der Waals surface area contributed by atoms with E-state index in [1.165, 1.54) is 24.9 Å². The summed E-state index contributed by atoms with van der Waals surface area (Å²) in [7, 11) is 0. The normalized spacial score (nSPS) is 21.1. The van der Waals surface area contributed by atoms with Gasteiger partial charge in [0.05, 0.1) is 0 Å². The first-order chi connectivity index (χ1) is 11.9. The molecule has 2 fully saturated rings. The number of nitrogens with zero attached hydrogens (tertiary/aromatic N) is 4. The maximum absolute atomic E-state index is 4.46. The van der Waals surface area contributed by atoms with E-state index in [1.807, 2.05) is 0 Å². The van der Waals surface area contributed by atoms with Gasteiger partial charge in [0.2, 0.25) is 0 Å². The van der Waals surface area contributed by atoms with E-state index in [9.17, 15) is 0 Å². The predicted molar refractivity (Wildman–Crippen MR) is 98.8 cm³/mol. The number of hydrogen-bond acceptors (Lipinski definition) is 5. The van der Waals surface area contributed by atoms with Crippen molar-refractivity contribution in [2.75, 3.05) is 41.3 Å². The monoisotopic (exact) mass is 323 g/mol. The Bertz CT molecular complexity index is 654. The molecule has 2 aromatic rings. The van der Waals surface area contributed by atoms with Crippen LogP contribution in [0.1, 0.15) is 25.7 Å². The SMILES string of the molecule is c1ccc(N2CCC(Nc3cc(N4CCCCC4)ncn3)C2)cc1. The number of hydrogen-bond donors (Lipinski definition) is 1. The average Bonchev–Trinajstić information content (AvgIpc) is 3.12. The first-order valence-corrected chi connectivity index (χ1v) is 9.02. The number of nitrogens with one attached hydrogen (secondary N) is 1. The summed E-state index contributed by atoms with van der Waals surface area (Å²) in [4.78, 5) is 13.7. The molecule has 1 N–H and O–H groups in total. The van der Waals surface area contributed by atoms with Gasteiger partial charge in [-0.05, 0) is 37.8 Å². The van der Waals surface area contributed by atoms with Crippen LogP contribution in [-0.4, -0.2) is 42.2 Å². The molecule has 2 aliphatic rings. The molecule has 1 unspecified atom stereocenters. The minimum atomic E-state index is 0.439. The molecule has 3 heterocycles. The molecule has 1 aromatic heterocycles. The van der Waals surface area contributed by atoms with E-state index in [0.717, 1.165) is 44.2 Å². The predicted octanol–water partition coefficient (Wildman–Crippen LogP) is 3.16. The highest BCUT2D eigenvalue weighted by atomic mass is 15.2. The van der Waals surface area contributed by atoms with Gasteiger partial charge in [0.1, 0.15) is 18.0 Å². The number of aromatic nitrogens is 2. The Labute approximate surface area is 143 Å². The molecule has 4 rings (SSSR count). The number of rotatable bonds is 4. The second-order valence-electron chi connectivity index (χ2n) is 6.72. The van der Waals surface area contributed by atoms with Crippen molar-refractivity contribution in [1.82, 2.24) is 9.97 Å². The Hall–Kier alpha value is -2.30. The van der Waals surface area contributed by atoms with E-state index in [-0.39, 0.29) is 0 Å². The minimum Gasteiger partial charge on any atom is -0.369 e. The summed E-state index contributed by atoms with van der Waals surface area (Å²) in [6.45, 7) is 4.34. The quantitative estimate of drug-likeness (QED) is 0.936. The van der Waals surface area contributed by atoms with Crippen LogP contribution in [0.5, 0.6) is 0 Å². The molecule has 0 radical (unpaired) electrons. The Morgan fingerprint density at radius 1 is 0.917 bits per heavy atom. The molecular formula is C19H25N5. The first kappa shape index (κ1) is 15.2.